The van der Waals surface area contributed by atoms with Crippen LogP contribution < -0.4 is 0 Å². The predicted molar refractivity (Wildman–Crippen MR) is 40.9 cm³/mol. The van der Waals surface area contributed by atoms with Gasteiger partial charge in [0.2, 0.25) is 0 Å². The van der Waals surface area contributed by atoms with Crippen LogP contribution in [0.1, 0.15) is 39.5 Å². The molecular weight excluding hydrogens is 252 g/mol. The molecule has 0 N–H and O–H groups in total. The van der Waals surface area contributed by atoms with Crippen LogP contribution in [-0.4, -0.2) is 11.9 Å². The van der Waals surface area contributed by atoms with Crippen molar-refractivity contribution in [1.82, 2.24) is 0 Å². The summed E-state index contributed by atoms with van der Waals surface area (Å²) in [5, 5.41) is 0. The first-order valence-electron chi connectivity index (χ1n) is 3.88. The third kappa shape index (κ3) is 9.88. The summed E-state index contributed by atoms with van der Waals surface area (Å²) >= 11 is 0. The van der Waals surface area contributed by atoms with Gasteiger partial charge in [0.15, 0.2) is 0 Å². The third-order valence-electron chi connectivity index (χ3n) is 1.24. The molecule has 0 aliphatic carbocycles. The Bertz CT molecular complexity index is 145. The van der Waals surface area contributed by atoms with Gasteiger partial charge in [-0.3, -0.25) is 9.59 Å². The molecule has 0 aromatic heterocycles. The molecule has 0 fully saturated rings. The second-order valence-electron chi connectivity index (χ2n) is 2.42. The minimum absolute atomic E-state index is 0. The van der Waals surface area contributed by atoms with E-state index in [0.717, 1.165) is 19.3 Å². The normalized spacial score (nSPS) is 8.50. The predicted octanol–water partition coefficient (Wildman–Crippen LogP) is 1.65. The molecule has 0 unspecified atom stereocenters. The van der Waals surface area contributed by atoms with Crippen molar-refractivity contribution in [2.24, 2.45) is 0 Å². The number of carbonyl (C=O) groups excluding carboxylic acids is 2. The Labute approximate surface area is 88.4 Å². The molecule has 0 aliphatic rings. The topological polar surface area (TPSA) is 43.4 Å². The Morgan fingerprint density at radius 1 is 1.25 bits per heavy atom. The van der Waals surface area contributed by atoms with E-state index in [1.165, 1.54) is 6.92 Å². The molecule has 0 atom stereocenters. The number of rotatable bonds is 4. The van der Waals surface area contributed by atoms with E-state index in [4.69, 9.17) is 0 Å². The van der Waals surface area contributed by atoms with Crippen LogP contribution in [0.4, 0.5) is 0 Å². The molecule has 0 saturated heterocycles. The van der Waals surface area contributed by atoms with Gasteiger partial charge in [0.05, 0.1) is 0 Å². The van der Waals surface area contributed by atoms with Crippen molar-refractivity contribution in [1.29, 1.82) is 0 Å². The molecule has 4 heteroatoms. The van der Waals surface area contributed by atoms with E-state index in [2.05, 4.69) is 11.7 Å². The molecule has 0 aromatic carbocycles. The largest absolute Gasteiger partial charge is 0.393 e. The number of hydrogen-bond acceptors (Lipinski definition) is 3. The summed E-state index contributed by atoms with van der Waals surface area (Å²) in [5.41, 5.74) is 0. The monoisotopic (exact) mass is 265 g/mol. The summed E-state index contributed by atoms with van der Waals surface area (Å²) in [6, 6.07) is 0. The van der Waals surface area contributed by atoms with Crippen LogP contribution in [0.15, 0.2) is 0 Å². The number of carbonyl (C=O) groups is 2. The standard InChI is InChI=1S/C8H14O3.Ag/c1-3-4-5-6-8(10)11-7(2)9;/h3-6H2,1-2H3;. The average Bonchev–Trinajstić information content (AvgIpc) is 1.86. The van der Waals surface area contributed by atoms with Crippen molar-refractivity contribution in [2.75, 3.05) is 0 Å². The summed E-state index contributed by atoms with van der Waals surface area (Å²) < 4.78 is 4.32. The SMILES string of the molecule is CCCCCC(=O)OC(C)=O.[Ag]. The zero-order valence-corrected chi connectivity index (χ0v) is 8.84. The smallest absolute Gasteiger partial charge is 0.313 e. The minimum Gasteiger partial charge on any atom is -0.393 e. The Balaban J connectivity index is 0. The molecule has 0 spiro atoms. The van der Waals surface area contributed by atoms with Crippen molar-refractivity contribution >= 4 is 11.9 Å². The Morgan fingerprint density at radius 2 is 1.83 bits per heavy atom. The molecule has 0 aliphatic heterocycles. The fraction of sp³-hybridized carbons (Fsp3) is 0.750. The van der Waals surface area contributed by atoms with Crippen LogP contribution in [0.2, 0.25) is 0 Å². The van der Waals surface area contributed by atoms with E-state index in [0.29, 0.717) is 6.42 Å². The van der Waals surface area contributed by atoms with Crippen LogP contribution in [0.25, 0.3) is 0 Å². The molecule has 0 heterocycles. The van der Waals surface area contributed by atoms with Crippen molar-refractivity contribution < 1.29 is 36.7 Å². The second-order valence-corrected chi connectivity index (χ2v) is 2.42. The summed E-state index contributed by atoms with van der Waals surface area (Å²) in [6.45, 7) is 3.29. The maximum absolute atomic E-state index is 10.7. The van der Waals surface area contributed by atoms with Gasteiger partial charge in [-0.05, 0) is 6.42 Å². The van der Waals surface area contributed by atoms with Gasteiger partial charge < -0.3 is 4.74 Å². The summed E-state index contributed by atoms with van der Waals surface area (Å²) in [7, 11) is 0. The minimum atomic E-state index is -0.522. The van der Waals surface area contributed by atoms with Gasteiger partial charge in [0.1, 0.15) is 0 Å². The summed E-state index contributed by atoms with van der Waals surface area (Å²) in [5.74, 6) is -0.933. The van der Waals surface area contributed by atoms with Crippen LogP contribution in [-0.2, 0) is 36.7 Å². The first-order chi connectivity index (χ1) is 5.16. The zero-order valence-electron chi connectivity index (χ0n) is 7.35. The first-order valence-corrected chi connectivity index (χ1v) is 3.88. The third-order valence-corrected chi connectivity index (χ3v) is 1.24. The molecule has 1 radical (unpaired) electrons. The van der Waals surface area contributed by atoms with Crippen molar-refractivity contribution in [3.63, 3.8) is 0 Å². The molecule has 3 nitrogen and oxygen atoms in total. The fourth-order valence-corrected chi connectivity index (χ4v) is 0.731. The fourth-order valence-electron chi connectivity index (χ4n) is 0.731. The van der Waals surface area contributed by atoms with Crippen LogP contribution in [0.5, 0.6) is 0 Å². The van der Waals surface area contributed by atoms with Crippen LogP contribution >= 0.6 is 0 Å². The van der Waals surface area contributed by atoms with Crippen LogP contribution in [0.3, 0.4) is 0 Å². The second kappa shape index (κ2) is 8.97. The Morgan fingerprint density at radius 3 is 2.25 bits per heavy atom. The van der Waals surface area contributed by atoms with Gasteiger partial charge in [0, 0.05) is 35.7 Å². The van der Waals surface area contributed by atoms with Gasteiger partial charge in [-0.25, -0.2) is 0 Å². The molecular formula is C8H14AgO3. The maximum atomic E-state index is 10.7. The van der Waals surface area contributed by atoms with Gasteiger partial charge in [-0.1, -0.05) is 19.8 Å². The molecule has 0 saturated carbocycles. The first kappa shape index (κ1) is 14.4. The molecule has 12 heavy (non-hydrogen) atoms. The maximum Gasteiger partial charge on any atom is 0.313 e. The van der Waals surface area contributed by atoms with E-state index >= 15 is 0 Å². The van der Waals surface area contributed by atoms with E-state index < -0.39 is 11.9 Å². The Kier molecular flexibility index (Phi) is 10.8. The van der Waals surface area contributed by atoms with Gasteiger partial charge in [-0.15, -0.1) is 0 Å². The van der Waals surface area contributed by atoms with E-state index in [9.17, 15) is 9.59 Å². The molecule has 0 bridgehead atoms. The van der Waals surface area contributed by atoms with Gasteiger partial charge >= 0.3 is 11.9 Å². The average molecular weight is 266 g/mol. The van der Waals surface area contributed by atoms with Crippen LogP contribution in [0, 0.1) is 0 Å². The quantitative estimate of drug-likeness (QED) is 0.336. The number of esters is 2. The molecule has 75 valence electrons. The summed E-state index contributed by atoms with van der Waals surface area (Å²) in [4.78, 5) is 20.9. The van der Waals surface area contributed by atoms with Gasteiger partial charge in [-0.2, -0.15) is 0 Å². The van der Waals surface area contributed by atoms with Crippen molar-refractivity contribution in [3.8, 4) is 0 Å². The van der Waals surface area contributed by atoms with E-state index in [-0.39, 0.29) is 22.4 Å². The molecule has 0 rings (SSSR count). The van der Waals surface area contributed by atoms with Crippen molar-refractivity contribution in [3.05, 3.63) is 0 Å². The number of unbranched alkanes of at least 4 members (excludes halogenated alkanes) is 2. The Hall–Kier alpha value is -0.120. The summed E-state index contributed by atoms with van der Waals surface area (Å²) in [6.07, 6.45) is 3.23. The van der Waals surface area contributed by atoms with E-state index in [1.807, 2.05) is 0 Å². The van der Waals surface area contributed by atoms with E-state index in [1.54, 1.807) is 0 Å². The van der Waals surface area contributed by atoms with Gasteiger partial charge in [0.25, 0.3) is 0 Å². The number of hydrogen-bond donors (Lipinski definition) is 0. The molecule has 0 amide bonds. The zero-order chi connectivity index (χ0) is 8.69. The number of ether oxygens (including phenoxy) is 1. The van der Waals surface area contributed by atoms with Crippen molar-refractivity contribution in [2.45, 2.75) is 39.5 Å². The molecule has 0 aromatic rings.